The Balaban J connectivity index is 2.38. The lowest BCUT2D eigenvalue weighted by molar-refractivity contribution is 0.101. The summed E-state index contributed by atoms with van der Waals surface area (Å²) >= 11 is 0. The van der Waals surface area contributed by atoms with E-state index >= 15 is 0 Å². The van der Waals surface area contributed by atoms with E-state index in [-0.39, 0.29) is 11.8 Å². The smallest absolute Gasteiger partial charge is 0.319 e. The second-order valence-electron chi connectivity index (χ2n) is 4.41. The number of hydrogen-bond donors (Lipinski definition) is 2. The van der Waals surface area contributed by atoms with Crippen LogP contribution in [0, 0.1) is 0 Å². The maximum Gasteiger partial charge on any atom is 0.319 e. The van der Waals surface area contributed by atoms with Gasteiger partial charge in [0, 0.05) is 24.3 Å². The molecule has 1 aromatic carbocycles. The second kappa shape index (κ2) is 7.53. The van der Waals surface area contributed by atoms with Gasteiger partial charge in [-0.1, -0.05) is 6.92 Å². The Kier molecular flexibility index (Phi) is 6.02. The molecule has 5 heteroatoms. The van der Waals surface area contributed by atoms with Crippen LogP contribution in [0.25, 0.3) is 0 Å². The number of hydrogen-bond acceptors (Lipinski definition) is 3. The molecular formula is C14H21N3O2. The lowest BCUT2D eigenvalue weighted by atomic mass is 10.1. The number of benzene rings is 1. The zero-order valence-electron chi connectivity index (χ0n) is 11.7. The van der Waals surface area contributed by atoms with Gasteiger partial charge < -0.3 is 15.5 Å². The third-order valence-corrected chi connectivity index (χ3v) is 2.87. The van der Waals surface area contributed by atoms with Crippen molar-refractivity contribution in [1.82, 2.24) is 10.2 Å². The van der Waals surface area contributed by atoms with Crippen LogP contribution < -0.4 is 10.6 Å². The lowest BCUT2D eigenvalue weighted by Crippen LogP contribution is -2.35. The molecule has 1 aromatic rings. The van der Waals surface area contributed by atoms with Crippen LogP contribution in [0.5, 0.6) is 0 Å². The Morgan fingerprint density at radius 3 is 2.37 bits per heavy atom. The maximum atomic E-state index is 11.6. The summed E-state index contributed by atoms with van der Waals surface area (Å²) in [4.78, 5) is 24.8. The number of ketones is 1. The van der Waals surface area contributed by atoms with Crippen molar-refractivity contribution in [3.63, 3.8) is 0 Å². The fraction of sp³-hybridized carbons (Fsp3) is 0.429. The molecule has 104 valence electrons. The third kappa shape index (κ3) is 5.52. The number of carbonyl (C=O) groups is 2. The van der Waals surface area contributed by atoms with Crippen LogP contribution in [0.2, 0.25) is 0 Å². The highest BCUT2D eigenvalue weighted by Crippen LogP contribution is 2.09. The normalized spacial score (nSPS) is 10.3. The molecule has 0 aliphatic carbocycles. The SMILES string of the molecule is CCN(C)CCNC(=O)Nc1ccc(C(C)=O)cc1. The summed E-state index contributed by atoms with van der Waals surface area (Å²) in [6.45, 7) is 5.95. The van der Waals surface area contributed by atoms with Gasteiger partial charge in [0.1, 0.15) is 0 Å². The Labute approximate surface area is 114 Å². The lowest BCUT2D eigenvalue weighted by Gasteiger charge is -2.14. The summed E-state index contributed by atoms with van der Waals surface area (Å²) in [5.74, 6) is 0.0126. The minimum absolute atomic E-state index is 0.0126. The Morgan fingerprint density at radius 2 is 1.84 bits per heavy atom. The van der Waals surface area contributed by atoms with Crippen molar-refractivity contribution >= 4 is 17.5 Å². The first-order chi connectivity index (χ1) is 9.02. The van der Waals surface area contributed by atoms with Gasteiger partial charge in [-0.15, -0.1) is 0 Å². The van der Waals surface area contributed by atoms with Gasteiger partial charge in [-0.25, -0.2) is 4.79 Å². The number of urea groups is 1. The van der Waals surface area contributed by atoms with Crippen LogP contribution in [0.3, 0.4) is 0 Å². The Hall–Kier alpha value is -1.88. The number of rotatable bonds is 6. The van der Waals surface area contributed by atoms with Crippen molar-refractivity contribution in [2.24, 2.45) is 0 Å². The predicted octanol–water partition coefficient (Wildman–Crippen LogP) is 1.96. The first kappa shape index (κ1) is 15.2. The molecule has 0 aliphatic heterocycles. The number of likely N-dealkylation sites (N-methyl/N-ethyl adjacent to an activating group) is 1. The molecule has 0 aromatic heterocycles. The van der Waals surface area contributed by atoms with E-state index < -0.39 is 0 Å². The van der Waals surface area contributed by atoms with Crippen LogP contribution in [-0.4, -0.2) is 43.4 Å². The number of amides is 2. The minimum atomic E-state index is -0.236. The van der Waals surface area contributed by atoms with Gasteiger partial charge in [0.05, 0.1) is 0 Å². The van der Waals surface area contributed by atoms with Crippen LogP contribution in [-0.2, 0) is 0 Å². The van der Waals surface area contributed by atoms with Crippen LogP contribution in [0.1, 0.15) is 24.2 Å². The molecule has 19 heavy (non-hydrogen) atoms. The molecule has 1 rings (SSSR count). The molecule has 0 spiro atoms. The average Bonchev–Trinajstić information content (AvgIpc) is 2.39. The zero-order chi connectivity index (χ0) is 14.3. The Bertz CT molecular complexity index is 429. The van der Waals surface area contributed by atoms with Crippen molar-refractivity contribution in [1.29, 1.82) is 0 Å². The van der Waals surface area contributed by atoms with Crippen molar-refractivity contribution in [3.8, 4) is 0 Å². The Morgan fingerprint density at radius 1 is 1.21 bits per heavy atom. The fourth-order valence-electron chi connectivity index (χ4n) is 1.48. The van der Waals surface area contributed by atoms with Gasteiger partial charge in [0.2, 0.25) is 0 Å². The molecular weight excluding hydrogens is 242 g/mol. The standard InChI is InChI=1S/C14H21N3O2/c1-4-17(3)10-9-15-14(19)16-13-7-5-12(6-8-13)11(2)18/h5-8H,4,9-10H2,1-3H3,(H2,15,16,19). The summed E-state index contributed by atoms with van der Waals surface area (Å²) < 4.78 is 0. The van der Waals surface area contributed by atoms with Gasteiger partial charge in [-0.05, 0) is 44.8 Å². The summed E-state index contributed by atoms with van der Waals surface area (Å²) in [5.41, 5.74) is 1.31. The quantitative estimate of drug-likeness (QED) is 0.771. The molecule has 0 saturated heterocycles. The summed E-state index contributed by atoms with van der Waals surface area (Å²) in [5, 5.41) is 5.50. The van der Waals surface area contributed by atoms with E-state index in [1.165, 1.54) is 6.92 Å². The third-order valence-electron chi connectivity index (χ3n) is 2.87. The fourth-order valence-corrected chi connectivity index (χ4v) is 1.48. The maximum absolute atomic E-state index is 11.6. The highest BCUT2D eigenvalue weighted by Gasteiger charge is 2.03. The molecule has 5 nitrogen and oxygen atoms in total. The molecule has 0 aliphatic rings. The molecule has 0 fully saturated rings. The molecule has 0 bridgehead atoms. The van der Waals surface area contributed by atoms with Gasteiger partial charge in [0.25, 0.3) is 0 Å². The number of Topliss-reactive ketones (excluding diaryl/α,β-unsaturated/α-hetero) is 1. The molecule has 2 amide bonds. The van der Waals surface area contributed by atoms with Gasteiger partial charge in [-0.2, -0.15) is 0 Å². The van der Waals surface area contributed by atoms with E-state index in [4.69, 9.17) is 0 Å². The first-order valence-electron chi connectivity index (χ1n) is 6.37. The summed E-state index contributed by atoms with van der Waals surface area (Å²) in [6, 6.07) is 6.59. The van der Waals surface area contributed by atoms with E-state index in [1.807, 2.05) is 7.05 Å². The van der Waals surface area contributed by atoms with Crippen LogP contribution in [0.4, 0.5) is 10.5 Å². The number of anilines is 1. The topological polar surface area (TPSA) is 61.4 Å². The monoisotopic (exact) mass is 263 g/mol. The van der Waals surface area contributed by atoms with Gasteiger partial charge >= 0.3 is 6.03 Å². The molecule has 0 saturated carbocycles. The van der Waals surface area contributed by atoms with E-state index in [0.717, 1.165) is 13.1 Å². The predicted molar refractivity (Wildman–Crippen MR) is 76.6 cm³/mol. The van der Waals surface area contributed by atoms with Crippen molar-refractivity contribution in [2.75, 3.05) is 32.0 Å². The average molecular weight is 263 g/mol. The van der Waals surface area contributed by atoms with E-state index in [1.54, 1.807) is 24.3 Å². The van der Waals surface area contributed by atoms with Crippen LogP contribution in [0.15, 0.2) is 24.3 Å². The molecule has 0 atom stereocenters. The summed E-state index contributed by atoms with van der Waals surface area (Å²) in [7, 11) is 2.00. The summed E-state index contributed by atoms with van der Waals surface area (Å²) in [6.07, 6.45) is 0. The highest BCUT2D eigenvalue weighted by atomic mass is 16.2. The first-order valence-corrected chi connectivity index (χ1v) is 6.37. The second-order valence-corrected chi connectivity index (χ2v) is 4.41. The molecule has 0 radical (unpaired) electrons. The number of nitrogens with zero attached hydrogens (tertiary/aromatic N) is 1. The van der Waals surface area contributed by atoms with E-state index in [2.05, 4.69) is 22.5 Å². The van der Waals surface area contributed by atoms with Crippen LogP contribution >= 0.6 is 0 Å². The number of carbonyl (C=O) groups excluding carboxylic acids is 2. The minimum Gasteiger partial charge on any atom is -0.337 e. The van der Waals surface area contributed by atoms with E-state index in [9.17, 15) is 9.59 Å². The molecule has 0 heterocycles. The van der Waals surface area contributed by atoms with E-state index in [0.29, 0.717) is 17.8 Å². The zero-order valence-corrected chi connectivity index (χ0v) is 11.7. The molecule has 2 N–H and O–H groups in total. The van der Waals surface area contributed by atoms with Gasteiger partial charge in [-0.3, -0.25) is 4.79 Å². The molecule has 0 unspecified atom stereocenters. The largest absolute Gasteiger partial charge is 0.337 e. The van der Waals surface area contributed by atoms with Crippen molar-refractivity contribution in [2.45, 2.75) is 13.8 Å². The van der Waals surface area contributed by atoms with Crippen molar-refractivity contribution in [3.05, 3.63) is 29.8 Å². The van der Waals surface area contributed by atoms with Gasteiger partial charge in [0.15, 0.2) is 5.78 Å². The number of nitrogens with one attached hydrogen (secondary N) is 2. The highest BCUT2D eigenvalue weighted by molar-refractivity contribution is 5.95. The van der Waals surface area contributed by atoms with Crippen molar-refractivity contribution < 1.29 is 9.59 Å².